The van der Waals surface area contributed by atoms with Crippen LogP contribution in [-0.2, 0) is 11.2 Å². The van der Waals surface area contributed by atoms with E-state index in [1.807, 2.05) is 25.3 Å². The lowest BCUT2D eigenvalue weighted by Crippen LogP contribution is -2.23. The smallest absolute Gasteiger partial charge is 0.219 e. The summed E-state index contributed by atoms with van der Waals surface area (Å²) in [6, 6.07) is 6.08. The second-order valence-corrected chi connectivity index (χ2v) is 4.54. The van der Waals surface area contributed by atoms with Gasteiger partial charge in [0.1, 0.15) is 0 Å². The second kappa shape index (κ2) is 9.63. The molecule has 1 amide bonds. The minimum absolute atomic E-state index is 0.158. The largest absolute Gasteiger partial charge is 0.356 e. The van der Waals surface area contributed by atoms with Crippen molar-refractivity contribution in [2.45, 2.75) is 51.9 Å². The molecule has 1 aromatic heterocycles. The molecule has 3 heteroatoms. The van der Waals surface area contributed by atoms with Gasteiger partial charge in [0.05, 0.1) is 0 Å². The Kier molecular flexibility index (Phi) is 7.85. The molecule has 0 atom stereocenters. The van der Waals surface area contributed by atoms with Crippen molar-refractivity contribution in [3.63, 3.8) is 0 Å². The molecule has 1 rings (SSSR count). The molecule has 3 nitrogen and oxygen atoms in total. The number of nitrogens with zero attached hydrogens (tertiary/aromatic N) is 1. The lowest BCUT2D eigenvalue weighted by atomic mass is 10.1. The number of carbonyl (C=O) groups excluding carboxylic acids is 1. The first-order valence-electron chi connectivity index (χ1n) is 6.99. The summed E-state index contributed by atoms with van der Waals surface area (Å²) in [6.45, 7) is 2.71. The maximum absolute atomic E-state index is 11.0. The number of rotatable bonds is 9. The van der Waals surface area contributed by atoms with Gasteiger partial charge in [-0.15, -0.1) is 0 Å². The van der Waals surface area contributed by atoms with E-state index >= 15 is 0 Å². The Balaban J connectivity index is 1.89. The van der Waals surface area contributed by atoms with Crippen molar-refractivity contribution < 1.29 is 4.79 Å². The van der Waals surface area contributed by atoms with Crippen LogP contribution in [0.2, 0.25) is 0 Å². The first-order chi connectivity index (χ1) is 8.83. The molecular weight excluding hydrogens is 224 g/mol. The van der Waals surface area contributed by atoms with Crippen LogP contribution in [-0.4, -0.2) is 17.4 Å². The summed E-state index contributed by atoms with van der Waals surface area (Å²) in [6.07, 6.45) is 9.51. The summed E-state index contributed by atoms with van der Waals surface area (Å²) in [5.41, 5.74) is 1.19. The lowest BCUT2D eigenvalue weighted by Gasteiger charge is -2.03. The molecule has 0 bridgehead atoms. The Hall–Kier alpha value is -1.38. The molecule has 0 aliphatic carbocycles. The second-order valence-electron chi connectivity index (χ2n) is 4.54. The molecule has 100 valence electrons. The fraction of sp³-hybridized carbons (Fsp3) is 0.600. The van der Waals surface area contributed by atoms with Crippen molar-refractivity contribution in [3.8, 4) is 0 Å². The van der Waals surface area contributed by atoms with E-state index in [1.165, 1.54) is 31.4 Å². The molecule has 1 aromatic rings. The maximum Gasteiger partial charge on any atom is 0.219 e. The standard InChI is InChI=1S/C15H24N2O/c1-2-15(18)17-13-8-5-3-4-6-10-14-11-7-9-12-16-14/h7,9,11-12H,2-6,8,10,13H2,1H3,(H,17,18). The fourth-order valence-electron chi connectivity index (χ4n) is 1.86. The van der Waals surface area contributed by atoms with Gasteiger partial charge in [-0.25, -0.2) is 0 Å². The van der Waals surface area contributed by atoms with Crippen LogP contribution in [0.1, 0.15) is 51.1 Å². The monoisotopic (exact) mass is 248 g/mol. The highest BCUT2D eigenvalue weighted by Crippen LogP contribution is 2.06. The zero-order chi connectivity index (χ0) is 13.1. The van der Waals surface area contributed by atoms with Crippen molar-refractivity contribution in [2.24, 2.45) is 0 Å². The zero-order valence-electron chi connectivity index (χ0n) is 11.3. The summed E-state index contributed by atoms with van der Waals surface area (Å²) in [5, 5.41) is 2.90. The number of aryl methyl sites for hydroxylation is 1. The van der Waals surface area contributed by atoms with Crippen LogP contribution in [0.25, 0.3) is 0 Å². The van der Waals surface area contributed by atoms with Gasteiger partial charge in [0.2, 0.25) is 5.91 Å². The molecule has 1 heterocycles. The van der Waals surface area contributed by atoms with Gasteiger partial charge in [-0.1, -0.05) is 32.3 Å². The van der Waals surface area contributed by atoms with Gasteiger partial charge in [0.25, 0.3) is 0 Å². The Morgan fingerprint density at radius 2 is 1.94 bits per heavy atom. The van der Waals surface area contributed by atoms with Crippen LogP contribution in [0.5, 0.6) is 0 Å². The molecule has 0 unspecified atom stereocenters. The SMILES string of the molecule is CCC(=O)NCCCCCCCc1ccccn1. The highest BCUT2D eigenvalue weighted by molar-refractivity contribution is 5.75. The number of carbonyl (C=O) groups is 1. The van der Waals surface area contributed by atoms with Crippen LogP contribution in [0, 0.1) is 0 Å². The molecule has 0 aliphatic heterocycles. The summed E-state index contributed by atoms with van der Waals surface area (Å²) in [7, 11) is 0. The molecule has 0 fully saturated rings. The highest BCUT2D eigenvalue weighted by atomic mass is 16.1. The fourth-order valence-corrected chi connectivity index (χ4v) is 1.86. The van der Waals surface area contributed by atoms with Gasteiger partial charge in [0.15, 0.2) is 0 Å². The molecule has 0 aliphatic rings. The topological polar surface area (TPSA) is 42.0 Å². The average molecular weight is 248 g/mol. The number of amides is 1. The molecule has 0 radical (unpaired) electrons. The van der Waals surface area contributed by atoms with Crippen LogP contribution >= 0.6 is 0 Å². The Bertz CT molecular complexity index is 325. The first-order valence-corrected chi connectivity index (χ1v) is 6.99. The van der Waals surface area contributed by atoms with Gasteiger partial charge >= 0.3 is 0 Å². The Labute approximate surface area is 110 Å². The van der Waals surface area contributed by atoms with Crippen molar-refractivity contribution in [1.29, 1.82) is 0 Å². The maximum atomic E-state index is 11.0. The van der Waals surface area contributed by atoms with Crippen LogP contribution in [0.4, 0.5) is 0 Å². The van der Waals surface area contributed by atoms with Crippen LogP contribution in [0.15, 0.2) is 24.4 Å². The van der Waals surface area contributed by atoms with Crippen molar-refractivity contribution in [3.05, 3.63) is 30.1 Å². The van der Waals surface area contributed by atoms with Crippen LogP contribution in [0.3, 0.4) is 0 Å². The van der Waals surface area contributed by atoms with Crippen molar-refractivity contribution in [1.82, 2.24) is 10.3 Å². The molecule has 0 saturated heterocycles. The van der Waals surface area contributed by atoms with E-state index in [0.717, 1.165) is 19.4 Å². The van der Waals surface area contributed by atoms with Gasteiger partial charge in [-0.2, -0.15) is 0 Å². The minimum atomic E-state index is 0.158. The zero-order valence-corrected chi connectivity index (χ0v) is 11.3. The number of pyridine rings is 1. The van der Waals surface area contributed by atoms with E-state index in [9.17, 15) is 4.79 Å². The lowest BCUT2D eigenvalue weighted by molar-refractivity contribution is -0.120. The third kappa shape index (κ3) is 7.05. The van der Waals surface area contributed by atoms with E-state index in [1.54, 1.807) is 0 Å². The van der Waals surface area contributed by atoms with E-state index < -0.39 is 0 Å². The summed E-state index contributed by atoms with van der Waals surface area (Å²) in [5.74, 6) is 0.158. The summed E-state index contributed by atoms with van der Waals surface area (Å²) < 4.78 is 0. The predicted molar refractivity (Wildman–Crippen MR) is 74.3 cm³/mol. The van der Waals surface area contributed by atoms with Gasteiger partial charge in [-0.3, -0.25) is 9.78 Å². The summed E-state index contributed by atoms with van der Waals surface area (Å²) in [4.78, 5) is 15.3. The van der Waals surface area contributed by atoms with Crippen molar-refractivity contribution in [2.75, 3.05) is 6.54 Å². The number of hydrogen-bond acceptors (Lipinski definition) is 2. The number of unbranched alkanes of at least 4 members (excludes halogenated alkanes) is 4. The number of nitrogens with one attached hydrogen (secondary N) is 1. The average Bonchev–Trinajstić information content (AvgIpc) is 2.42. The van der Waals surface area contributed by atoms with Gasteiger partial charge < -0.3 is 5.32 Å². The van der Waals surface area contributed by atoms with E-state index in [0.29, 0.717) is 6.42 Å². The van der Waals surface area contributed by atoms with Crippen molar-refractivity contribution >= 4 is 5.91 Å². The Morgan fingerprint density at radius 3 is 2.67 bits per heavy atom. The molecule has 0 spiro atoms. The third-order valence-electron chi connectivity index (χ3n) is 2.98. The number of aromatic nitrogens is 1. The molecule has 18 heavy (non-hydrogen) atoms. The molecular formula is C15H24N2O. The molecule has 1 N–H and O–H groups in total. The van der Waals surface area contributed by atoms with E-state index in [-0.39, 0.29) is 5.91 Å². The first kappa shape index (κ1) is 14.7. The van der Waals surface area contributed by atoms with Crippen LogP contribution < -0.4 is 5.32 Å². The Morgan fingerprint density at radius 1 is 1.17 bits per heavy atom. The van der Waals surface area contributed by atoms with E-state index in [2.05, 4.69) is 16.4 Å². The predicted octanol–water partition coefficient (Wildman–Crippen LogP) is 3.10. The number of hydrogen-bond donors (Lipinski definition) is 1. The minimum Gasteiger partial charge on any atom is -0.356 e. The highest BCUT2D eigenvalue weighted by Gasteiger charge is 1.96. The third-order valence-corrected chi connectivity index (χ3v) is 2.98. The molecule has 0 saturated carbocycles. The summed E-state index contributed by atoms with van der Waals surface area (Å²) >= 11 is 0. The van der Waals surface area contributed by atoms with E-state index in [4.69, 9.17) is 0 Å². The van der Waals surface area contributed by atoms with Gasteiger partial charge in [-0.05, 0) is 31.4 Å². The quantitative estimate of drug-likeness (QED) is 0.682. The molecule has 0 aromatic carbocycles. The normalized spacial score (nSPS) is 10.3. The van der Waals surface area contributed by atoms with Gasteiger partial charge in [0, 0.05) is 24.9 Å².